The van der Waals surface area contributed by atoms with Gasteiger partial charge in [-0.1, -0.05) is 6.07 Å². The van der Waals surface area contributed by atoms with Crippen molar-refractivity contribution in [2.75, 3.05) is 13.1 Å². The number of carbonyl (C=O) groups excluding carboxylic acids is 1. The molecule has 0 N–H and O–H groups in total. The predicted molar refractivity (Wildman–Crippen MR) is 66.1 cm³/mol. The van der Waals surface area contributed by atoms with E-state index in [0.717, 1.165) is 0 Å². The molecule has 0 aliphatic carbocycles. The van der Waals surface area contributed by atoms with E-state index >= 15 is 0 Å². The summed E-state index contributed by atoms with van der Waals surface area (Å²) >= 11 is 0. The van der Waals surface area contributed by atoms with E-state index in [0.29, 0.717) is 13.0 Å². The summed E-state index contributed by atoms with van der Waals surface area (Å²) < 4.78 is 39.2. The summed E-state index contributed by atoms with van der Waals surface area (Å²) in [5, 5.41) is 0. The zero-order valence-electron chi connectivity index (χ0n) is 10.8. The second-order valence-corrected chi connectivity index (χ2v) is 4.89. The van der Waals surface area contributed by atoms with E-state index in [1.165, 1.54) is 21.7 Å². The van der Waals surface area contributed by atoms with Gasteiger partial charge in [0.1, 0.15) is 6.54 Å². The largest absolute Gasteiger partial charge is 0.393 e. The van der Waals surface area contributed by atoms with Crippen molar-refractivity contribution in [3.63, 3.8) is 0 Å². The first-order valence-corrected chi connectivity index (χ1v) is 6.38. The Bertz CT molecular complexity index is 539. The van der Waals surface area contributed by atoms with E-state index < -0.39 is 18.0 Å². The number of rotatable bonds is 2. The molecule has 1 aromatic heterocycles. The molecule has 1 fully saturated rings. The Hall–Kier alpha value is -1.79. The van der Waals surface area contributed by atoms with Gasteiger partial charge in [0.15, 0.2) is 0 Å². The molecule has 0 aromatic carbocycles. The Morgan fingerprint density at radius 2 is 2.10 bits per heavy atom. The van der Waals surface area contributed by atoms with Crippen LogP contribution in [0, 0.1) is 5.92 Å². The normalized spacial score (nSPS) is 19.9. The topological polar surface area (TPSA) is 42.3 Å². The third-order valence-corrected chi connectivity index (χ3v) is 3.44. The SMILES string of the molecule is O=C(Cn1ccccc1=O)N1CCCC(C(F)(F)F)C1. The number of amides is 1. The smallest absolute Gasteiger partial charge is 0.341 e. The molecule has 0 spiro atoms. The summed E-state index contributed by atoms with van der Waals surface area (Å²) in [6, 6.07) is 4.45. The van der Waals surface area contributed by atoms with Crippen LogP contribution in [0.4, 0.5) is 13.2 Å². The summed E-state index contributed by atoms with van der Waals surface area (Å²) in [5.74, 6) is -1.92. The molecule has 2 heterocycles. The Morgan fingerprint density at radius 1 is 1.35 bits per heavy atom. The van der Waals surface area contributed by atoms with E-state index in [1.54, 1.807) is 12.1 Å². The number of carbonyl (C=O) groups is 1. The lowest BCUT2D eigenvalue weighted by atomic mass is 9.97. The number of hydrogen-bond acceptors (Lipinski definition) is 2. The van der Waals surface area contributed by atoms with Crippen LogP contribution >= 0.6 is 0 Å². The van der Waals surface area contributed by atoms with Gasteiger partial charge >= 0.3 is 6.18 Å². The monoisotopic (exact) mass is 288 g/mol. The van der Waals surface area contributed by atoms with Gasteiger partial charge in [-0.05, 0) is 18.9 Å². The van der Waals surface area contributed by atoms with Gasteiger partial charge in [0.2, 0.25) is 5.91 Å². The molecule has 1 unspecified atom stereocenters. The molecule has 20 heavy (non-hydrogen) atoms. The number of aromatic nitrogens is 1. The minimum absolute atomic E-state index is 0.0541. The van der Waals surface area contributed by atoms with Crippen molar-refractivity contribution < 1.29 is 18.0 Å². The molecule has 0 radical (unpaired) electrons. The second kappa shape index (κ2) is 5.68. The zero-order valence-corrected chi connectivity index (χ0v) is 10.8. The first-order chi connectivity index (χ1) is 9.38. The van der Waals surface area contributed by atoms with Crippen LogP contribution in [0.5, 0.6) is 0 Å². The number of hydrogen-bond donors (Lipinski definition) is 0. The quantitative estimate of drug-likeness (QED) is 0.830. The molecular formula is C13H15F3N2O2. The van der Waals surface area contributed by atoms with Crippen molar-refractivity contribution in [3.8, 4) is 0 Å². The minimum Gasteiger partial charge on any atom is -0.341 e. The lowest BCUT2D eigenvalue weighted by Crippen LogP contribution is -2.46. The third kappa shape index (κ3) is 3.40. The highest BCUT2D eigenvalue weighted by Gasteiger charge is 2.42. The summed E-state index contributed by atoms with van der Waals surface area (Å²) in [4.78, 5) is 24.7. The van der Waals surface area contributed by atoms with E-state index in [9.17, 15) is 22.8 Å². The maximum absolute atomic E-state index is 12.7. The van der Waals surface area contributed by atoms with Gasteiger partial charge in [-0.3, -0.25) is 9.59 Å². The van der Waals surface area contributed by atoms with Gasteiger partial charge in [0, 0.05) is 25.4 Å². The second-order valence-electron chi connectivity index (χ2n) is 4.89. The molecule has 1 saturated heterocycles. The van der Waals surface area contributed by atoms with Crippen molar-refractivity contribution in [1.29, 1.82) is 0 Å². The molecule has 1 amide bonds. The van der Waals surface area contributed by atoms with Gasteiger partial charge in [-0.2, -0.15) is 13.2 Å². The predicted octanol–water partition coefficient (Wildman–Crippen LogP) is 1.65. The van der Waals surface area contributed by atoms with Crippen LogP contribution in [0.3, 0.4) is 0 Å². The van der Waals surface area contributed by atoms with Crippen molar-refractivity contribution in [2.45, 2.75) is 25.6 Å². The maximum Gasteiger partial charge on any atom is 0.393 e. The van der Waals surface area contributed by atoms with Gasteiger partial charge < -0.3 is 9.47 Å². The fraction of sp³-hybridized carbons (Fsp3) is 0.538. The number of piperidine rings is 1. The lowest BCUT2D eigenvalue weighted by Gasteiger charge is -2.33. The van der Waals surface area contributed by atoms with Gasteiger partial charge in [0.25, 0.3) is 5.56 Å². The summed E-state index contributed by atoms with van der Waals surface area (Å²) in [6.45, 7) is -0.221. The van der Waals surface area contributed by atoms with Gasteiger partial charge in [0.05, 0.1) is 5.92 Å². The summed E-state index contributed by atoms with van der Waals surface area (Å²) in [7, 11) is 0. The average molecular weight is 288 g/mol. The third-order valence-electron chi connectivity index (χ3n) is 3.44. The summed E-state index contributed by atoms with van der Waals surface area (Å²) in [6.07, 6.45) is -2.44. The van der Waals surface area contributed by atoms with Crippen LogP contribution in [0.15, 0.2) is 29.2 Å². The first kappa shape index (κ1) is 14.6. The molecule has 1 aliphatic rings. The van der Waals surface area contributed by atoms with Crippen LogP contribution in [0.1, 0.15) is 12.8 Å². The Kier molecular flexibility index (Phi) is 4.15. The van der Waals surface area contributed by atoms with Crippen LogP contribution < -0.4 is 5.56 Å². The Labute approximate surface area is 113 Å². The molecular weight excluding hydrogens is 273 g/mol. The molecule has 1 atom stereocenters. The van der Waals surface area contributed by atoms with Crippen molar-refractivity contribution in [2.24, 2.45) is 5.92 Å². The lowest BCUT2D eigenvalue weighted by molar-refractivity contribution is -0.188. The molecule has 1 aromatic rings. The number of likely N-dealkylation sites (tertiary alicyclic amines) is 1. The van der Waals surface area contributed by atoms with Crippen molar-refractivity contribution in [3.05, 3.63) is 34.7 Å². The van der Waals surface area contributed by atoms with Gasteiger partial charge in [-0.15, -0.1) is 0 Å². The van der Waals surface area contributed by atoms with Crippen molar-refractivity contribution in [1.82, 2.24) is 9.47 Å². The molecule has 110 valence electrons. The number of pyridine rings is 1. The minimum atomic E-state index is -4.28. The Balaban J connectivity index is 2.03. The van der Waals surface area contributed by atoms with Crippen LogP contribution in [0.25, 0.3) is 0 Å². The van der Waals surface area contributed by atoms with E-state index in [4.69, 9.17) is 0 Å². The number of alkyl halides is 3. The fourth-order valence-electron chi connectivity index (χ4n) is 2.31. The van der Waals surface area contributed by atoms with Crippen molar-refractivity contribution >= 4 is 5.91 Å². The first-order valence-electron chi connectivity index (χ1n) is 6.38. The Morgan fingerprint density at radius 3 is 2.75 bits per heavy atom. The standard InChI is InChI=1S/C13H15F3N2O2/c14-13(15,16)10-4-3-7-17(8-10)12(20)9-18-6-2-1-5-11(18)19/h1-2,5-6,10H,3-4,7-9H2. The maximum atomic E-state index is 12.7. The molecule has 0 bridgehead atoms. The van der Waals surface area contributed by atoms with E-state index in [-0.39, 0.29) is 25.1 Å². The van der Waals surface area contributed by atoms with E-state index in [1.807, 2.05) is 0 Å². The molecule has 1 aliphatic heterocycles. The molecule has 2 rings (SSSR count). The molecule has 7 heteroatoms. The highest BCUT2D eigenvalue weighted by atomic mass is 19.4. The zero-order chi connectivity index (χ0) is 14.8. The number of nitrogens with zero attached hydrogens (tertiary/aromatic N) is 2. The van der Waals surface area contributed by atoms with Crippen LogP contribution in [-0.2, 0) is 11.3 Å². The molecule has 4 nitrogen and oxygen atoms in total. The average Bonchev–Trinajstić information content (AvgIpc) is 2.40. The fourth-order valence-corrected chi connectivity index (χ4v) is 2.31. The molecule has 0 saturated carbocycles. The highest BCUT2D eigenvalue weighted by molar-refractivity contribution is 5.76. The van der Waals surface area contributed by atoms with E-state index in [2.05, 4.69) is 0 Å². The number of halogens is 3. The van der Waals surface area contributed by atoms with Crippen LogP contribution in [0.2, 0.25) is 0 Å². The highest BCUT2D eigenvalue weighted by Crippen LogP contribution is 2.33. The summed E-state index contributed by atoms with van der Waals surface area (Å²) in [5.41, 5.74) is -0.342. The van der Waals surface area contributed by atoms with Gasteiger partial charge in [-0.25, -0.2) is 0 Å². The van der Waals surface area contributed by atoms with Crippen LogP contribution in [-0.4, -0.2) is 34.6 Å².